The molecule has 17 heavy (non-hydrogen) atoms. The Morgan fingerprint density at radius 2 is 2.12 bits per heavy atom. The molecule has 0 bridgehead atoms. The summed E-state index contributed by atoms with van der Waals surface area (Å²) in [6.07, 6.45) is 5.44. The number of hydrogen-bond acceptors (Lipinski definition) is 3. The van der Waals surface area contributed by atoms with Crippen molar-refractivity contribution in [1.82, 2.24) is 9.29 Å². The van der Waals surface area contributed by atoms with Crippen molar-refractivity contribution in [2.75, 3.05) is 18.8 Å². The summed E-state index contributed by atoms with van der Waals surface area (Å²) in [5, 5.41) is 0. The molecule has 0 atom stereocenters. The normalized spacial score (nSPS) is 19.4. The molecule has 0 radical (unpaired) electrons. The first kappa shape index (κ1) is 12.5. The zero-order chi connectivity index (χ0) is 12.3. The molecule has 0 aliphatic carbocycles. The Kier molecular flexibility index (Phi) is 3.79. The monoisotopic (exact) mass is 254 g/mol. The quantitative estimate of drug-likeness (QED) is 0.823. The van der Waals surface area contributed by atoms with E-state index in [2.05, 4.69) is 11.1 Å². The molecule has 2 heterocycles. The highest BCUT2D eigenvalue weighted by atomic mass is 32.2. The van der Waals surface area contributed by atoms with E-state index in [1.165, 1.54) is 5.56 Å². The van der Waals surface area contributed by atoms with Gasteiger partial charge in [0, 0.05) is 25.5 Å². The Hall–Kier alpha value is -0.940. The standard InChI is InChI=1S/C12H18N2O2S/c1-2-17(15,16)14-8-5-11(6-9-14)12-4-3-7-13-10-12/h3-4,7,10-11H,2,5-6,8-9H2,1H3. The second-order valence-electron chi connectivity index (χ2n) is 4.36. The van der Waals surface area contributed by atoms with Gasteiger partial charge in [0.25, 0.3) is 0 Å². The molecule has 1 aliphatic rings. The molecular weight excluding hydrogens is 236 g/mol. The van der Waals surface area contributed by atoms with Crippen LogP contribution >= 0.6 is 0 Å². The summed E-state index contributed by atoms with van der Waals surface area (Å²) in [6.45, 7) is 2.97. The number of pyridine rings is 1. The summed E-state index contributed by atoms with van der Waals surface area (Å²) in [4.78, 5) is 4.11. The molecule has 0 amide bonds. The highest BCUT2D eigenvalue weighted by Gasteiger charge is 2.27. The number of nitrogens with zero attached hydrogens (tertiary/aromatic N) is 2. The molecule has 0 saturated carbocycles. The number of sulfonamides is 1. The predicted octanol–water partition coefficient (Wildman–Crippen LogP) is 1.61. The molecule has 4 nitrogen and oxygen atoms in total. The fourth-order valence-corrected chi connectivity index (χ4v) is 3.40. The highest BCUT2D eigenvalue weighted by molar-refractivity contribution is 7.89. The van der Waals surface area contributed by atoms with E-state index in [9.17, 15) is 8.42 Å². The van der Waals surface area contributed by atoms with E-state index < -0.39 is 10.0 Å². The van der Waals surface area contributed by atoms with E-state index in [1.54, 1.807) is 17.4 Å². The second-order valence-corrected chi connectivity index (χ2v) is 6.62. The van der Waals surface area contributed by atoms with Crippen molar-refractivity contribution in [3.05, 3.63) is 30.1 Å². The predicted molar refractivity (Wildman–Crippen MR) is 67.2 cm³/mol. The topological polar surface area (TPSA) is 50.3 Å². The van der Waals surface area contributed by atoms with Crippen molar-refractivity contribution < 1.29 is 8.42 Å². The Bertz CT molecular complexity index is 451. The van der Waals surface area contributed by atoms with Gasteiger partial charge in [-0.3, -0.25) is 4.98 Å². The average Bonchev–Trinajstić information content (AvgIpc) is 2.40. The average molecular weight is 254 g/mol. The number of hydrogen-bond donors (Lipinski definition) is 0. The number of aromatic nitrogens is 1. The molecule has 1 aliphatic heterocycles. The molecule has 0 N–H and O–H groups in total. The highest BCUT2D eigenvalue weighted by Crippen LogP contribution is 2.28. The van der Waals surface area contributed by atoms with Gasteiger partial charge in [-0.15, -0.1) is 0 Å². The van der Waals surface area contributed by atoms with Crippen LogP contribution in [0.3, 0.4) is 0 Å². The van der Waals surface area contributed by atoms with Crippen molar-refractivity contribution in [2.24, 2.45) is 0 Å². The summed E-state index contributed by atoms with van der Waals surface area (Å²) in [6, 6.07) is 4.01. The first-order valence-electron chi connectivity index (χ1n) is 6.01. The lowest BCUT2D eigenvalue weighted by molar-refractivity contribution is 0.319. The van der Waals surface area contributed by atoms with Crippen LogP contribution in [0, 0.1) is 0 Å². The van der Waals surface area contributed by atoms with Crippen molar-refractivity contribution in [3.8, 4) is 0 Å². The van der Waals surface area contributed by atoms with Gasteiger partial charge in [-0.2, -0.15) is 0 Å². The van der Waals surface area contributed by atoms with Crippen molar-refractivity contribution >= 4 is 10.0 Å². The summed E-state index contributed by atoms with van der Waals surface area (Å²) in [7, 11) is -3.01. The van der Waals surface area contributed by atoms with Crippen molar-refractivity contribution in [2.45, 2.75) is 25.7 Å². The molecule has 0 unspecified atom stereocenters. The smallest absolute Gasteiger partial charge is 0.213 e. The largest absolute Gasteiger partial charge is 0.264 e. The lowest BCUT2D eigenvalue weighted by atomic mass is 9.91. The maximum Gasteiger partial charge on any atom is 0.213 e. The number of piperidine rings is 1. The van der Waals surface area contributed by atoms with E-state index in [4.69, 9.17) is 0 Å². The van der Waals surface area contributed by atoms with Crippen LogP contribution in [-0.4, -0.2) is 36.5 Å². The van der Waals surface area contributed by atoms with Crippen LogP contribution in [-0.2, 0) is 10.0 Å². The third kappa shape index (κ3) is 2.84. The van der Waals surface area contributed by atoms with Gasteiger partial charge >= 0.3 is 0 Å². The van der Waals surface area contributed by atoms with Gasteiger partial charge in [-0.25, -0.2) is 12.7 Å². The maximum atomic E-state index is 11.7. The van der Waals surface area contributed by atoms with Crippen LogP contribution < -0.4 is 0 Å². The molecule has 0 spiro atoms. The van der Waals surface area contributed by atoms with Gasteiger partial charge in [0.2, 0.25) is 10.0 Å². The third-order valence-corrected chi connectivity index (χ3v) is 5.25. The molecule has 0 aromatic carbocycles. The molecule has 94 valence electrons. The van der Waals surface area contributed by atoms with Crippen molar-refractivity contribution in [3.63, 3.8) is 0 Å². The van der Waals surface area contributed by atoms with Gasteiger partial charge in [0.15, 0.2) is 0 Å². The fraction of sp³-hybridized carbons (Fsp3) is 0.583. The van der Waals surface area contributed by atoms with Crippen LogP contribution in [0.1, 0.15) is 31.2 Å². The molecule has 2 rings (SSSR count). The fourth-order valence-electron chi connectivity index (χ4n) is 2.27. The summed E-state index contributed by atoms with van der Waals surface area (Å²) < 4.78 is 25.0. The summed E-state index contributed by atoms with van der Waals surface area (Å²) in [5.41, 5.74) is 1.22. The Balaban J connectivity index is 2.00. The maximum absolute atomic E-state index is 11.7. The van der Waals surface area contributed by atoms with Gasteiger partial charge in [-0.1, -0.05) is 6.07 Å². The van der Waals surface area contributed by atoms with Gasteiger partial charge in [-0.05, 0) is 37.3 Å². The number of rotatable bonds is 3. The second kappa shape index (κ2) is 5.14. The van der Waals surface area contributed by atoms with E-state index in [0.717, 1.165) is 12.8 Å². The lowest BCUT2D eigenvalue weighted by Crippen LogP contribution is -2.38. The zero-order valence-corrected chi connectivity index (χ0v) is 10.9. The van der Waals surface area contributed by atoms with E-state index in [0.29, 0.717) is 19.0 Å². The van der Waals surface area contributed by atoms with E-state index >= 15 is 0 Å². The Labute approximate surface area is 103 Å². The minimum Gasteiger partial charge on any atom is -0.264 e. The molecule has 1 fully saturated rings. The first-order chi connectivity index (χ1) is 8.13. The van der Waals surface area contributed by atoms with Crippen LogP contribution in [0.25, 0.3) is 0 Å². The van der Waals surface area contributed by atoms with Crippen LogP contribution in [0.15, 0.2) is 24.5 Å². The Morgan fingerprint density at radius 3 is 2.65 bits per heavy atom. The minimum absolute atomic E-state index is 0.199. The van der Waals surface area contributed by atoms with Crippen LogP contribution in [0.4, 0.5) is 0 Å². The lowest BCUT2D eigenvalue weighted by Gasteiger charge is -2.30. The molecule has 1 saturated heterocycles. The third-order valence-electron chi connectivity index (χ3n) is 3.37. The molecule has 1 aromatic rings. The van der Waals surface area contributed by atoms with Crippen molar-refractivity contribution in [1.29, 1.82) is 0 Å². The summed E-state index contributed by atoms with van der Waals surface area (Å²) in [5.74, 6) is 0.650. The Morgan fingerprint density at radius 1 is 1.41 bits per heavy atom. The minimum atomic E-state index is -3.01. The van der Waals surface area contributed by atoms with Crippen LogP contribution in [0.2, 0.25) is 0 Å². The van der Waals surface area contributed by atoms with Gasteiger partial charge < -0.3 is 0 Å². The zero-order valence-electron chi connectivity index (χ0n) is 10.0. The first-order valence-corrected chi connectivity index (χ1v) is 7.62. The molecule has 1 aromatic heterocycles. The summed E-state index contributed by atoms with van der Waals surface area (Å²) >= 11 is 0. The van der Waals surface area contributed by atoms with Gasteiger partial charge in [0.1, 0.15) is 0 Å². The van der Waals surface area contributed by atoms with E-state index in [1.807, 2.05) is 12.3 Å². The SMILES string of the molecule is CCS(=O)(=O)N1CCC(c2cccnc2)CC1. The molecular formula is C12H18N2O2S. The van der Waals surface area contributed by atoms with E-state index in [-0.39, 0.29) is 5.75 Å². The van der Waals surface area contributed by atoms with Gasteiger partial charge in [0.05, 0.1) is 5.75 Å². The molecule has 5 heteroatoms. The van der Waals surface area contributed by atoms with Crippen LogP contribution in [0.5, 0.6) is 0 Å².